The van der Waals surface area contributed by atoms with Crippen molar-refractivity contribution in [2.45, 2.75) is 33.2 Å². The highest BCUT2D eigenvalue weighted by Gasteiger charge is 2.11. The second-order valence-corrected chi connectivity index (χ2v) is 6.01. The number of nitrogens with one attached hydrogen (secondary N) is 2. The molecule has 0 unspecified atom stereocenters. The van der Waals surface area contributed by atoms with E-state index in [2.05, 4.69) is 41.6 Å². The van der Waals surface area contributed by atoms with Crippen LogP contribution in [0.15, 0.2) is 30.6 Å². The van der Waals surface area contributed by atoms with Gasteiger partial charge in [0.2, 0.25) is 0 Å². The van der Waals surface area contributed by atoms with E-state index in [-0.39, 0.29) is 5.91 Å². The fourth-order valence-corrected chi connectivity index (χ4v) is 2.86. The number of amides is 1. The van der Waals surface area contributed by atoms with Gasteiger partial charge in [-0.3, -0.25) is 9.78 Å². The van der Waals surface area contributed by atoms with Crippen LogP contribution >= 0.6 is 11.3 Å². The summed E-state index contributed by atoms with van der Waals surface area (Å²) in [7, 11) is 0. The van der Waals surface area contributed by atoms with Crippen molar-refractivity contribution < 1.29 is 4.79 Å². The molecule has 0 saturated carbocycles. The van der Waals surface area contributed by atoms with Crippen LogP contribution in [0.3, 0.4) is 0 Å². The first-order valence-corrected chi connectivity index (χ1v) is 8.10. The molecule has 21 heavy (non-hydrogen) atoms. The first kappa shape index (κ1) is 15.5. The van der Waals surface area contributed by atoms with Crippen LogP contribution in [0.1, 0.15) is 40.4 Å². The maximum atomic E-state index is 12.3. The molecule has 4 nitrogen and oxygen atoms in total. The van der Waals surface area contributed by atoms with Gasteiger partial charge in [-0.15, -0.1) is 11.3 Å². The van der Waals surface area contributed by atoms with Gasteiger partial charge in [0.25, 0.3) is 5.91 Å². The molecule has 2 heterocycles. The fraction of sp³-hybridized carbons (Fsp3) is 0.375. The molecule has 112 valence electrons. The predicted octanol–water partition coefficient (Wildman–Crippen LogP) is 3.46. The Hall–Kier alpha value is -1.88. The van der Waals surface area contributed by atoms with E-state index in [0.717, 1.165) is 25.1 Å². The number of carbonyl (C=O) groups excluding carboxylic acids is 1. The molecule has 0 saturated heterocycles. The molecule has 0 aromatic carbocycles. The smallest absolute Gasteiger partial charge is 0.255 e. The van der Waals surface area contributed by atoms with E-state index in [4.69, 9.17) is 0 Å². The number of hydrogen-bond donors (Lipinski definition) is 2. The Morgan fingerprint density at radius 2 is 2.05 bits per heavy atom. The van der Waals surface area contributed by atoms with Crippen molar-refractivity contribution in [2.24, 2.45) is 0 Å². The summed E-state index contributed by atoms with van der Waals surface area (Å²) >= 11 is 1.74. The molecule has 0 bridgehead atoms. The molecule has 2 aromatic rings. The predicted molar refractivity (Wildman–Crippen MR) is 87.9 cm³/mol. The van der Waals surface area contributed by atoms with Gasteiger partial charge in [-0.2, -0.15) is 0 Å². The summed E-state index contributed by atoms with van der Waals surface area (Å²) in [5.41, 5.74) is 1.43. The van der Waals surface area contributed by atoms with Crippen molar-refractivity contribution in [3.63, 3.8) is 0 Å². The van der Waals surface area contributed by atoms with Crippen molar-refractivity contribution >= 4 is 22.9 Å². The van der Waals surface area contributed by atoms with Gasteiger partial charge >= 0.3 is 0 Å². The monoisotopic (exact) mass is 303 g/mol. The van der Waals surface area contributed by atoms with Crippen LogP contribution in [0, 0.1) is 0 Å². The molecule has 5 heteroatoms. The summed E-state index contributed by atoms with van der Waals surface area (Å²) in [6.45, 7) is 5.63. The van der Waals surface area contributed by atoms with E-state index in [0.29, 0.717) is 12.1 Å². The largest absolute Gasteiger partial charge is 0.384 e. The second-order valence-electron chi connectivity index (χ2n) is 4.75. The fourth-order valence-electron chi connectivity index (χ4n) is 1.96. The van der Waals surface area contributed by atoms with Crippen LogP contribution in [-0.2, 0) is 13.0 Å². The molecular formula is C16H21N3OS. The molecule has 0 aliphatic heterocycles. The Morgan fingerprint density at radius 1 is 1.24 bits per heavy atom. The quantitative estimate of drug-likeness (QED) is 0.823. The number of aryl methyl sites for hydroxylation is 1. The van der Waals surface area contributed by atoms with Crippen molar-refractivity contribution in [1.82, 2.24) is 10.3 Å². The maximum Gasteiger partial charge on any atom is 0.255 e. The van der Waals surface area contributed by atoms with Crippen LogP contribution in [0.4, 0.5) is 5.69 Å². The van der Waals surface area contributed by atoms with E-state index in [1.54, 1.807) is 23.7 Å². The van der Waals surface area contributed by atoms with Gasteiger partial charge in [0, 0.05) is 28.7 Å². The number of nitrogens with zero attached hydrogens (tertiary/aromatic N) is 1. The topological polar surface area (TPSA) is 54.0 Å². The number of aromatic nitrogens is 1. The molecule has 0 radical (unpaired) electrons. The van der Waals surface area contributed by atoms with Crippen molar-refractivity contribution in [2.75, 3.05) is 11.9 Å². The van der Waals surface area contributed by atoms with E-state index in [1.807, 2.05) is 6.07 Å². The van der Waals surface area contributed by atoms with Gasteiger partial charge in [0.15, 0.2) is 0 Å². The minimum Gasteiger partial charge on any atom is -0.384 e. The Labute approximate surface area is 129 Å². The lowest BCUT2D eigenvalue weighted by molar-refractivity contribution is 0.0951. The van der Waals surface area contributed by atoms with Crippen LogP contribution in [0.2, 0.25) is 0 Å². The Bertz CT molecular complexity index is 595. The molecule has 1 amide bonds. The Balaban J connectivity index is 1.99. The van der Waals surface area contributed by atoms with E-state index in [1.165, 1.54) is 9.75 Å². The van der Waals surface area contributed by atoms with E-state index in [9.17, 15) is 4.79 Å². The van der Waals surface area contributed by atoms with Gasteiger partial charge in [-0.25, -0.2) is 0 Å². The molecule has 0 atom stereocenters. The number of rotatable bonds is 7. The van der Waals surface area contributed by atoms with Crippen LogP contribution < -0.4 is 10.6 Å². The molecule has 2 aromatic heterocycles. The first-order valence-electron chi connectivity index (χ1n) is 7.28. The highest BCUT2D eigenvalue weighted by molar-refractivity contribution is 7.11. The summed E-state index contributed by atoms with van der Waals surface area (Å²) in [6.07, 6.45) is 5.35. The molecule has 0 aliphatic rings. The van der Waals surface area contributed by atoms with Crippen molar-refractivity contribution in [3.05, 3.63) is 45.9 Å². The molecular weight excluding hydrogens is 282 g/mol. The first-order chi connectivity index (χ1) is 10.2. The standard InChI is InChI=1S/C16H21N3OS/c1-3-8-18-15-7-9-17-11-14(15)16(20)19-10-13-6-5-12(4-2)21-13/h5-7,9,11H,3-4,8,10H2,1-2H3,(H,17,18)(H,19,20). The van der Waals surface area contributed by atoms with Crippen LogP contribution in [-0.4, -0.2) is 17.4 Å². The highest BCUT2D eigenvalue weighted by Crippen LogP contribution is 2.17. The zero-order chi connectivity index (χ0) is 15.1. The lowest BCUT2D eigenvalue weighted by Gasteiger charge is -2.10. The number of hydrogen-bond acceptors (Lipinski definition) is 4. The highest BCUT2D eigenvalue weighted by atomic mass is 32.1. The van der Waals surface area contributed by atoms with Gasteiger partial charge in [-0.1, -0.05) is 13.8 Å². The summed E-state index contributed by atoms with van der Waals surface area (Å²) in [5, 5.41) is 6.22. The Kier molecular flexibility index (Phi) is 5.75. The van der Waals surface area contributed by atoms with Crippen LogP contribution in [0.25, 0.3) is 0 Å². The minimum absolute atomic E-state index is 0.0897. The zero-order valence-electron chi connectivity index (χ0n) is 12.5. The summed E-state index contributed by atoms with van der Waals surface area (Å²) in [6, 6.07) is 6.03. The minimum atomic E-state index is -0.0897. The van der Waals surface area contributed by atoms with Gasteiger partial charge < -0.3 is 10.6 Å². The zero-order valence-corrected chi connectivity index (χ0v) is 13.3. The van der Waals surface area contributed by atoms with E-state index >= 15 is 0 Å². The van der Waals surface area contributed by atoms with Gasteiger partial charge in [0.1, 0.15) is 0 Å². The number of pyridine rings is 1. The molecule has 0 fully saturated rings. The lowest BCUT2D eigenvalue weighted by atomic mass is 10.2. The summed E-state index contributed by atoms with van der Waals surface area (Å²) in [5.74, 6) is -0.0897. The van der Waals surface area contributed by atoms with Crippen LogP contribution in [0.5, 0.6) is 0 Å². The molecule has 2 rings (SSSR count). The molecule has 2 N–H and O–H groups in total. The SMILES string of the molecule is CCCNc1ccncc1C(=O)NCc1ccc(CC)s1. The van der Waals surface area contributed by atoms with Gasteiger partial charge in [0.05, 0.1) is 17.8 Å². The Morgan fingerprint density at radius 3 is 2.76 bits per heavy atom. The van der Waals surface area contributed by atoms with E-state index < -0.39 is 0 Å². The number of carbonyl (C=O) groups is 1. The number of anilines is 1. The molecule has 0 spiro atoms. The number of thiophene rings is 1. The maximum absolute atomic E-state index is 12.3. The average Bonchev–Trinajstić information content (AvgIpc) is 2.99. The van der Waals surface area contributed by atoms with Crippen molar-refractivity contribution in [1.29, 1.82) is 0 Å². The van der Waals surface area contributed by atoms with Gasteiger partial charge in [-0.05, 0) is 31.0 Å². The summed E-state index contributed by atoms with van der Waals surface area (Å²) in [4.78, 5) is 18.9. The third kappa shape index (κ3) is 4.29. The lowest BCUT2D eigenvalue weighted by Crippen LogP contribution is -2.23. The third-order valence-electron chi connectivity index (χ3n) is 3.12. The van der Waals surface area contributed by atoms with Crippen molar-refractivity contribution in [3.8, 4) is 0 Å². The third-order valence-corrected chi connectivity index (χ3v) is 4.35. The summed E-state index contributed by atoms with van der Waals surface area (Å²) < 4.78 is 0. The second kappa shape index (κ2) is 7.78. The molecule has 0 aliphatic carbocycles. The average molecular weight is 303 g/mol. The normalized spacial score (nSPS) is 10.4.